The highest BCUT2D eigenvalue weighted by atomic mass is 32.1. The minimum atomic E-state index is 0.00116. The third-order valence-electron chi connectivity index (χ3n) is 3.55. The van der Waals surface area contributed by atoms with Gasteiger partial charge in [-0.2, -0.15) is 0 Å². The van der Waals surface area contributed by atoms with Gasteiger partial charge in [0.15, 0.2) is 0 Å². The molecule has 4 nitrogen and oxygen atoms in total. The molecule has 3 rings (SSSR count). The van der Waals surface area contributed by atoms with Gasteiger partial charge in [-0.15, -0.1) is 5.10 Å². The number of methoxy groups -OCH3 is 1. The predicted octanol–water partition coefficient (Wildman–Crippen LogP) is 4.12. The molecule has 112 valence electrons. The Hall–Kier alpha value is -2.40. The number of rotatable bonds is 5. The van der Waals surface area contributed by atoms with Crippen LogP contribution >= 0.6 is 12.2 Å². The molecule has 1 aromatic heterocycles. The minimum absolute atomic E-state index is 0.00116. The SMILES string of the molecule is COc1ccc(C(Cc2ccccc2)c2n[nH]c(=S)o2)cc1. The quantitative estimate of drug-likeness (QED) is 0.720. The number of nitrogens with zero attached hydrogens (tertiary/aromatic N) is 1. The maximum Gasteiger partial charge on any atom is 0.284 e. The Morgan fingerprint density at radius 3 is 2.45 bits per heavy atom. The fraction of sp³-hybridized carbons (Fsp3) is 0.176. The van der Waals surface area contributed by atoms with Gasteiger partial charge >= 0.3 is 0 Å². The highest BCUT2D eigenvalue weighted by molar-refractivity contribution is 7.71. The van der Waals surface area contributed by atoms with Crippen molar-refractivity contribution >= 4 is 12.2 Å². The molecule has 5 heteroatoms. The summed E-state index contributed by atoms with van der Waals surface area (Å²) in [5.41, 5.74) is 2.32. The summed E-state index contributed by atoms with van der Waals surface area (Å²) in [7, 11) is 1.66. The normalized spacial score (nSPS) is 12.0. The first kappa shape index (κ1) is 14.5. The van der Waals surface area contributed by atoms with E-state index >= 15 is 0 Å². The molecule has 1 N–H and O–H groups in total. The molecule has 0 aliphatic rings. The molecular weight excluding hydrogens is 296 g/mol. The van der Waals surface area contributed by atoms with Crippen molar-refractivity contribution in [1.82, 2.24) is 10.2 Å². The molecule has 2 aromatic carbocycles. The Bertz CT molecular complexity index is 778. The van der Waals surface area contributed by atoms with E-state index in [1.54, 1.807) is 7.11 Å². The van der Waals surface area contributed by atoms with Crippen LogP contribution in [0.4, 0.5) is 0 Å². The molecule has 0 spiro atoms. The van der Waals surface area contributed by atoms with E-state index in [1.165, 1.54) is 5.56 Å². The lowest BCUT2D eigenvalue weighted by Crippen LogP contribution is -2.06. The maximum atomic E-state index is 5.55. The van der Waals surface area contributed by atoms with Crippen molar-refractivity contribution in [1.29, 1.82) is 0 Å². The monoisotopic (exact) mass is 312 g/mol. The molecule has 0 bridgehead atoms. The first-order valence-corrected chi connectivity index (χ1v) is 7.40. The smallest absolute Gasteiger partial charge is 0.284 e. The van der Waals surface area contributed by atoms with Gasteiger partial charge in [0, 0.05) is 0 Å². The van der Waals surface area contributed by atoms with Crippen molar-refractivity contribution in [2.75, 3.05) is 7.11 Å². The number of H-pyrrole nitrogens is 1. The van der Waals surface area contributed by atoms with Gasteiger partial charge in [0.25, 0.3) is 4.84 Å². The number of hydrogen-bond donors (Lipinski definition) is 1. The van der Waals surface area contributed by atoms with E-state index < -0.39 is 0 Å². The van der Waals surface area contributed by atoms with Crippen LogP contribution in [0.25, 0.3) is 0 Å². The van der Waals surface area contributed by atoms with Gasteiger partial charge in [-0.3, -0.25) is 0 Å². The number of benzene rings is 2. The van der Waals surface area contributed by atoms with Crippen molar-refractivity contribution in [3.63, 3.8) is 0 Å². The third-order valence-corrected chi connectivity index (χ3v) is 3.73. The van der Waals surface area contributed by atoms with Crippen molar-refractivity contribution < 1.29 is 9.15 Å². The van der Waals surface area contributed by atoms with Gasteiger partial charge in [0.1, 0.15) is 5.75 Å². The Labute approximate surface area is 133 Å². The summed E-state index contributed by atoms with van der Waals surface area (Å²) in [5, 5.41) is 6.90. The van der Waals surface area contributed by atoms with E-state index in [0.717, 1.165) is 17.7 Å². The fourth-order valence-corrected chi connectivity index (χ4v) is 2.56. The van der Waals surface area contributed by atoms with Crippen LogP contribution in [-0.2, 0) is 6.42 Å². The molecule has 1 atom stereocenters. The van der Waals surface area contributed by atoms with Crippen molar-refractivity contribution in [2.24, 2.45) is 0 Å². The lowest BCUT2D eigenvalue weighted by molar-refractivity contribution is 0.414. The molecule has 0 radical (unpaired) electrons. The average molecular weight is 312 g/mol. The molecule has 0 amide bonds. The summed E-state index contributed by atoms with van der Waals surface area (Å²) < 4.78 is 10.8. The molecule has 0 aliphatic heterocycles. The molecule has 1 unspecified atom stereocenters. The van der Waals surface area contributed by atoms with Crippen LogP contribution in [-0.4, -0.2) is 17.3 Å². The first-order valence-electron chi connectivity index (χ1n) is 6.99. The topological polar surface area (TPSA) is 51.0 Å². The lowest BCUT2D eigenvalue weighted by Gasteiger charge is -2.14. The van der Waals surface area contributed by atoms with E-state index in [2.05, 4.69) is 22.3 Å². The Morgan fingerprint density at radius 1 is 1.14 bits per heavy atom. The molecule has 0 fully saturated rings. The molecule has 3 aromatic rings. The molecule has 0 saturated carbocycles. The highest BCUT2D eigenvalue weighted by Gasteiger charge is 2.20. The summed E-state index contributed by atoms with van der Waals surface area (Å²) in [4.78, 5) is 0.293. The van der Waals surface area contributed by atoms with Crippen molar-refractivity contribution in [3.8, 4) is 5.75 Å². The third kappa shape index (κ3) is 3.26. The average Bonchev–Trinajstić information content (AvgIpc) is 3.00. The first-order chi connectivity index (χ1) is 10.8. The van der Waals surface area contributed by atoms with E-state index in [9.17, 15) is 0 Å². The summed E-state index contributed by atoms with van der Waals surface area (Å²) >= 11 is 5.00. The van der Waals surface area contributed by atoms with Crippen LogP contribution in [0.3, 0.4) is 0 Å². The van der Waals surface area contributed by atoms with Crippen LogP contribution in [0.5, 0.6) is 5.75 Å². The van der Waals surface area contributed by atoms with Gasteiger partial charge < -0.3 is 9.15 Å². The number of hydrogen-bond acceptors (Lipinski definition) is 4. The van der Waals surface area contributed by atoms with E-state index in [1.807, 2.05) is 42.5 Å². The molecule has 0 aliphatic carbocycles. The molecule has 1 heterocycles. The second-order valence-corrected chi connectivity index (χ2v) is 5.34. The van der Waals surface area contributed by atoms with Crippen LogP contribution in [0.1, 0.15) is 22.9 Å². The van der Waals surface area contributed by atoms with E-state index in [-0.39, 0.29) is 5.92 Å². The highest BCUT2D eigenvalue weighted by Crippen LogP contribution is 2.28. The predicted molar refractivity (Wildman–Crippen MR) is 86.7 cm³/mol. The van der Waals surface area contributed by atoms with Gasteiger partial charge in [-0.05, 0) is 41.9 Å². The zero-order chi connectivity index (χ0) is 15.4. The maximum absolute atomic E-state index is 5.55. The Balaban J connectivity index is 1.96. The van der Waals surface area contributed by atoms with Crippen molar-refractivity contribution in [3.05, 3.63) is 76.5 Å². The fourth-order valence-electron chi connectivity index (χ4n) is 2.42. The van der Waals surface area contributed by atoms with Gasteiger partial charge in [0.2, 0.25) is 5.89 Å². The zero-order valence-corrected chi connectivity index (χ0v) is 13.0. The molecule has 22 heavy (non-hydrogen) atoms. The van der Waals surface area contributed by atoms with E-state index in [0.29, 0.717) is 10.7 Å². The lowest BCUT2D eigenvalue weighted by atomic mass is 9.92. The largest absolute Gasteiger partial charge is 0.497 e. The summed E-state index contributed by atoms with van der Waals surface area (Å²) in [6, 6.07) is 18.2. The number of nitrogens with one attached hydrogen (secondary N) is 1. The second-order valence-electron chi connectivity index (χ2n) is 4.97. The standard InChI is InChI=1S/C17H16N2O2S/c1-20-14-9-7-13(8-10-14)15(16-18-19-17(22)21-16)11-12-5-3-2-4-6-12/h2-10,15H,11H2,1H3,(H,19,22). The number of aromatic nitrogens is 2. The number of ether oxygens (including phenoxy) is 1. The minimum Gasteiger partial charge on any atom is -0.497 e. The summed E-state index contributed by atoms with van der Waals surface area (Å²) in [6.45, 7) is 0. The van der Waals surface area contributed by atoms with Gasteiger partial charge in [0.05, 0.1) is 13.0 Å². The van der Waals surface area contributed by atoms with Crippen LogP contribution < -0.4 is 4.74 Å². The molecular formula is C17H16N2O2S. The van der Waals surface area contributed by atoms with Crippen LogP contribution in [0.15, 0.2) is 59.0 Å². The number of aromatic amines is 1. The summed E-state index contributed by atoms with van der Waals surface area (Å²) in [5.74, 6) is 1.42. The van der Waals surface area contributed by atoms with Crippen LogP contribution in [0.2, 0.25) is 0 Å². The zero-order valence-electron chi connectivity index (χ0n) is 12.2. The van der Waals surface area contributed by atoms with E-state index in [4.69, 9.17) is 21.4 Å². The summed E-state index contributed by atoms with van der Waals surface area (Å²) in [6.07, 6.45) is 0.788. The Kier molecular flexibility index (Phi) is 4.34. The molecule has 0 saturated heterocycles. The van der Waals surface area contributed by atoms with Crippen molar-refractivity contribution in [2.45, 2.75) is 12.3 Å². The van der Waals surface area contributed by atoms with Gasteiger partial charge in [-0.1, -0.05) is 42.5 Å². The second kappa shape index (κ2) is 6.58. The van der Waals surface area contributed by atoms with Gasteiger partial charge in [-0.25, -0.2) is 5.10 Å². The Morgan fingerprint density at radius 2 is 1.86 bits per heavy atom. The van der Waals surface area contributed by atoms with Crippen LogP contribution in [0, 0.1) is 4.84 Å².